The number of hydrogen-bond donors (Lipinski definition) is 4. The van der Waals surface area contributed by atoms with E-state index in [1.54, 1.807) is 0 Å². The molecule has 0 spiro atoms. The highest BCUT2D eigenvalue weighted by atomic mass is 16.5. The van der Waals surface area contributed by atoms with Gasteiger partial charge in [0.25, 0.3) is 22.9 Å². The van der Waals surface area contributed by atoms with Crippen LogP contribution in [0.1, 0.15) is 163 Å². The molecule has 2 amide bonds. The lowest BCUT2D eigenvalue weighted by atomic mass is 9.87. The van der Waals surface area contributed by atoms with Gasteiger partial charge in [0.15, 0.2) is 0 Å². The minimum absolute atomic E-state index is 0.0438. The number of piperidine rings is 2. The van der Waals surface area contributed by atoms with Crippen LogP contribution >= 0.6 is 0 Å². The summed E-state index contributed by atoms with van der Waals surface area (Å²) in [4.78, 5) is 87.4. The minimum atomic E-state index is -0.249. The standard InChI is InChI=1S/C74H102N12O6/c1-13-16-52-36-48(5)79-73(89)65(52)45-77-71(87)64-39-56(54-18-20-70(76-44-54)84(12)58-23-30-82(10)31-24-58)41-68(51(64)8)86(15-3)60-27-34-92-61(42-60)35-47(4)62-37-49(6)80-74(90)66(62)46-78-72(88)63-38-55(40-67(50(63)7)85(14-2)59-25-32-91-33-26-59)53-17-19-69(75-43-53)83(11)57-21-28-81(9)29-22-57/h17-20,36-41,43-44,47,57-61H,13-16,21-35,42,45-46H2,1-12H3,(H,77,87)(H,78,88)(H,79,89)(H,80,90). The Balaban J connectivity index is 0.891. The van der Waals surface area contributed by atoms with Gasteiger partial charge in [-0.05, 0) is 246 Å². The van der Waals surface area contributed by atoms with Crippen LogP contribution in [0.15, 0.2) is 82.6 Å². The molecule has 4 aliphatic rings. The topological polar surface area (TPSA) is 188 Å². The number of aromatic nitrogens is 4. The van der Waals surface area contributed by atoms with Gasteiger partial charge in [-0.25, -0.2) is 9.97 Å². The fraction of sp³-hybridized carbons (Fsp3) is 0.541. The summed E-state index contributed by atoms with van der Waals surface area (Å²) in [7, 11) is 8.63. The Labute approximate surface area is 545 Å². The molecule has 4 aliphatic heterocycles. The van der Waals surface area contributed by atoms with Crippen molar-refractivity contribution in [2.75, 3.05) is 107 Å². The Morgan fingerprint density at radius 3 is 1.58 bits per heavy atom. The Morgan fingerprint density at radius 2 is 1.09 bits per heavy atom. The van der Waals surface area contributed by atoms with E-state index in [1.165, 1.54) is 0 Å². The molecular weight excluding hydrogens is 1150 g/mol. The van der Waals surface area contributed by atoms with Gasteiger partial charge in [-0.2, -0.15) is 0 Å². The van der Waals surface area contributed by atoms with E-state index in [0.29, 0.717) is 67.1 Å². The fourth-order valence-electron chi connectivity index (χ4n) is 14.9. The van der Waals surface area contributed by atoms with Gasteiger partial charge in [0.1, 0.15) is 11.6 Å². The zero-order chi connectivity index (χ0) is 65.3. The molecule has 4 N–H and O–H groups in total. The largest absolute Gasteiger partial charge is 0.381 e. The summed E-state index contributed by atoms with van der Waals surface area (Å²) in [5.41, 5.74) is 12.5. The number of ether oxygens (including phenoxy) is 2. The van der Waals surface area contributed by atoms with E-state index in [-0.39, 0.29) is 60.1 Å². The van der Waals surface area contributed by atoms with Crippen molar-refractivity contribution in [3.05, 3.63) is 150 Å². The molecule has 494 valence electrons. The number of amides is 2. The van der Waals surface area contributed by atoms with Gasteiger partial charge in [-0.3, -0.25) is 19.2 Å². The van der Waals surface area contributed by atoms with Crippen molar-refractivity contribution in [1.29, 1.82) is 0 Å². The number of pyridine rings is 4. The summed E-state index contributed by atoms with van der Waals surface area (Å²) >= 11 is 0. The number of carbonyl (C=O) groups is 2. The first kappa shape index (κ1) is 67.5. The molecule has 10 rings (SSSR count). The van der Waals surface area contributed by atoms with Crippen molar-refractivity contribution < 1.29 is 19.1 Å². The highest BCUT2D eigenvalue weighted by Gasteiger charge is 2.33. The van der Waals surface area contributed by atoms with Gasteiger partial charge < -0.3 is 59.5 Å². The molecule has 4 aromatic heterocycles. The molecule has 0 aliphatic carbocycles. The van der Waals surface area contributed by atoms with Crippen molar-refractivity contribution in [3.63, 3.8) is 0 Å². The normalized spacial score (nSPS) is 18.3. The molecular formula is C74H102N12O6. The number of H-pyrrole nitrogens is 2. The van der Waals surface area contributed by atoms with E-state index in [1.807, 2.05) is 58.3 Å². The number of hydrogen-bond acceptors (Lipinski definition) is 14. The first-order valence-electron chi connectivity index (χ1n) is 34.1. The van der Waals surface area contributed by atoms with Gasteiger partial charge in [0.2, 0.25) is 0 Å². The summed E-state index contributed by atoms with van der Waals surface area (Å²) in [5, 5.41) is 6.41. The van der Waals surface area contributed by atoms with Crippen molar-refractivity contribution in [2.45, 2.75) is 175 Å². The highest BCUT2D eigenvalue weighted by molar-refractivity contribution is 6.00. The number of likely N-dealkylation sites (tertiary alicyclic amines) is 2. The summed E-state index contributed by atoms with van der Waals surface area (Å²) in [6.45, 7) is 24.2. The van der Waals surface area contributed by atoms with Crippen LogP contribution in [-0.2, 0) is 29.0 Å². The predicted octanol–water partition coefficient (Wildman–Crippen LogP) is 10.9. The van der Waals surface area contributed by atoms with Gasteiger partial charge >= 0.3 is 0 Å². The average Bonchev–Trinajstić information content (AvgIpc) is 0.927. The van der Waals surface area contributed by atoms with Gasteiger partial charge in [0.05, 0.1) is 6.10 Å². The summed E-state index contributed by atoms with van der Waals surface area (Å²) in [6, 6.07) is 22.0. The van der Waals surface area contributed by atoms with Crippen LogP contribution in [0.2, 0.25) is 0 Å². The van der Waals surface area contributed by atoms with Crippen LogP contribution < -0.4 is 41.4 Å². The number of nitrogens with zero attached hydrogens (tertiary/aromatic N) is 8. The van der Waals surface area contributed by atoms with Gasteiger partial charge in [0, 0.05) is 153 Å². The third-order valence-electron chi connectivity index (χ3n) is 20.5. The molecule has 4 saturated heterocycles. The monoisotopic (exact) mass is 1250 g/mol. The molecule has 3 unspecified atom stereocenters. The molecule has 4 fully saturated rings. The van der Waals surface area contributed by atoms with E-state index in [9.17, 15) is 19.2 Å². The fourth-order valence-corrected chi connectivity index (χ4v) is 14.9. The zero-order valence-electron chi connectivity index (χ0n) is 57.0. The van der Waals surface area contributed by atoms with Gasteiger partial charge in [-0.15, -0.1) is 0 Å². The number of rotatable bonds is 23. The van der Waals surface area contributed by atoms with Gasteiger partial charge in [-0.1, -0.05) is 20.3 Å². The van der Waals surface area contributed by atoms with Crippen molar-refractivity contribution in [1.82, 2.24) is 40.4 Å². The number of anilines is 4. The molecule has 92 heavy (non-hydrogen) atoms. The van der Waals surface area contributed by atoms with E-state index in [0.717, 1.165) is 176 Å². The second-order valence-corrected chi connectivity index (χ2v) is 26.8. The summed E-state index contributed by atoms with van der Waals surface area (Å²) < 4.78 is 12.5. The quantitative estimate of drug-likeness (QED) is 0.0474. The number of aromatic amines is 2. The smallest absolute Gasteiger partial charge is 0.253 e. The Hall–Kier alpha value is -7.38. The minimum Gasteiger partial charge on any atom is -0.381 e. The third-order valence-corrected chi connectivity index (χ3v) is 20.5. The SMILES string of the molecule is CCCc1cc(C)[nH]c(=O)c1CNC(=O)c1cc(-c2ccc(N(C)C3CCN(C)CC3)nc2)cc(N(CC)C2CCOC(CC(C)c3cc(C)[nH]c(=O)c3CNC(=O)c3cc(-c4ccc(N(C)C5CCN(C)CC5)nc4)cc(N(CC)C4CCOCC4)c3C)C2)c1C. The summed E-state index contributed by atoms with van der Waals surface area (Å²) in [6.07, 6.45) is 13.6. The number of carbonyl (C=O) groups excluding carboxylic acids is 2. The highest BCUT2D eigenvalue weighted by Crippen LogP contribution is 2.39. The maximum Gasteiger partial charge on any atom is 0.253 e. The van der Waals surface area contributed by atoms with Crippen molar-refractivity contribution in [3.8, 4) is 22.3 Å². The van der Waals surface area contributed by atoms with E-state index in [4.69, 9.17) is 19.4 Å². The Kier molecular flexibility index (Phi) is 22.4. The molecule has 3 atom stereocenters. The second-order valence-electron chi connectivity index (χ2n) is 26.8. The van der Waals surface area contributed by atoms with Crippen molar-refractivity contribution in [2.24, 2.45) is 0 Å². The lowest BCUT2D eigenvalue weighted by Gasteiger charge is -2.40. The number of aryl methyl sites for hydroxylation is 3. The van der Waals surface area contributed by atoms with Crippen LogP contribution in [-0.4, -0.2) is 159 Å². The Bertz CT molecular complexity index is 3620. The number of nitrogens with one attached hydrogen (secondary N) is 4. The van der Waals surface area contributed by atoms with Crippen LogP contribution in [0, 0.1) is 27.7 Å². The zero-order valence-corrected chi connectivity index (χ0v) is 57.0. The van der Waals surface area contributed by atoms with Crippen LogP contribution in [0.4, 0.5) is 23.0 Å². The molecule has 18 heteroatoms. The second kappa shape index (κ2) is 30.6. The molecule has 8 heterocycles. The van der Waals surface area contributed by atoms with E-state index >= 15 is 0 Å². The molecule has 2 aromatic carbocycles. The van der Waals surface area contributed by atoms with Crippen molar-refractivity contribution >= 4 is 34.8 Å². The maximum absolute atomic E-state index is 14.9. The predicted molar refractivity (Wildman–Crippen MR) is 372 cm³/mol. The molecule has 18 nitrogen and oxygen atoms in total. The van der Waals surface area contributed by atoms with Crippen LogP contribution in [0.3, 0.4) is 0 Å². The first-order valence-corrected chi connectivity index (χ1v) is 34.1. The molecule has 0 bridgehead atoms. The average molecular weight is 1260 g/mol. The molecule has 0 saturated carbocycles. The van der Waals surface area contributed by atoms with Crippen LogP contribution in [0.25, 0.3) is 22.3 Å². The first-order chi connectivity index (χ1) is 44.3. The van der Waals surface area contributed by atoms with E-state index < -0.39 is 0 Å². The maximum atomic E-state index is 14.9. The Morgan fingerprint density at radius 1 is 0.609 bits per heavy atom. The molecule has 0 radical (unpaired) electrons. The lowest BCUT2D eigenvalue weighted by Crippen LogP contribution is -2.43. The summed E-state index contributed by atoms with van der Waals surface area (Å²) in [5.74, 6) is 1.26. The van der Waals surface area contributed by atoms with E-state index in [2.05, 4.69) is 148 Å². The van der Waals surface area contributed by atoms with Crippen LogP contribution in [0.5, 0.6) is 0 Å². The lowest BCUT2D eigenvalue weighted by molar-refractivity contribution is -0.00119. The molecule has 6 aromatic rings. The number of benzene rings is 2. The third kappa shape index (κ3) is 15.6.